The Kier molecular flexibility index (Phi) is 2.90. The molecule has 0 bridgehead atoms. The summed E-state index contributed by atoms with van der Waals surface area (Å²) in [4.78, 5) is 16.0. The third-order valence-corrected chi connectivity index (χ3v) is 2.63. The molecule has 0 aromatic carbocycles. The van der Waals surface area contributed by atoms with Crippen molar-refractivity contribution in [2.75, 3.05) is 0 Å². The highest BCUT2D eigenvalue weighted by Crippen LogP contribution is 2.26. The third-order valence-electron chi connectivity index (χ3n) is 1.35. The van der Waals surface area contributed by atoms with E-state index < -0.39 is 0 Å². The van der Waals surface area contributed by atoms with Gasteiger partial charge in [0.2, 0.25) is 0 Å². The lowest BCUT2D eigenvalue weighted by atomic mass is 10.7. The lowest BCUT2D eigenvalue weighted by Crippen LogP contribution is -1.87. The van der Waals surface area contributed by atoms with Crippen molar-refractivity contribution in [3.05, 3.63) is 36.0 Å². The summed E-state index contributed by atoms with van der Waals surface area (Å²) in [5.41, 5.74) is 0. The Bertz CT molecular complexity index is 423. The van der Waals surface area contributed by atoms with Crippen LogP contribution < -0.4 is 0 Å². The lowest BCUT2D eigenvalue weighted by Gasteiger charge is -1.98. The molecule has 2 aromatic rings. The average molecular weight is 225 g/mol. The second-order valence-electron chi connectivity index (χ2n) is 2.29. The monoisotopic (exact) mass is 224 g/mol. The average Bonchev–Trinajstić information content (AvgIpc) is 2.23. The highest BCUT2D eigenvalue weighted by atomic mass is 35.5. The largest absolute Gasteiger partial charge is 0.245 e. The molecule has 0 radical (unpaired) electrons. The van der Waals surface area contributed by atoms with Crippen LogP contribution in [0.15, 0.2) is 41.0 Å². The van der Waals surface area contributed by atoms with Gasteiger partial charge in [-0.1, -0.05) is 11.6 Å². The summed E-state index contributed by atoms with van der Waals surface area (Å²) in [6.07, 6.45) is 6.45. The molecule has 0 amide bonds. The van der Waals surface area contributed by atoms with E-state index in [-0.39, 0.29) is 0 Å². The standard InChI is InChI=1S/C8H5ClN4S/c9-6-7(11-5-4-10-6)14-8-12-2-1-3-13-8/h1-5H. The Morgan fingerprint density at radius 2 is 1.64 bits per heavy atom. The molecule has 0 fully saturated rings. The molecule has 0 saturated carbocycles. The fraction of sp³-hybridized carbons (Fsp3) is 0. The molecule has 0 saturated heterocycles. The minimum Gasteiger partial charge on any atom is -0.245 e. The fourth-order valence-corrected chi connectivity index (χ4v) is 1.67. The predicted molar refractivity (Wildman–Crippen MR) is 53.2 cm³/mol. The van der Waals surface area contributed by atoms with E-state index in [2.05, 4.69) is 19.9 Å². The SMILES string of the molecule is Clc1nccnc1Sc1ncccn1. The number of aromatic nitrogens is 4. The molecule has 0 aliphatic rings. The van der Waals surface area contributed by atoms with Gasteiger partial charge in [-0.2, -0.15) is 0 Å². The summed E-state index contributed by atoms with van der Waals surface area (Å²) >= 11 is 7.11. The minimum absolute atomic E-state index is 0.366. The van der Waals surface area contributed by atoms with Gasteiger partial charge < -0.3 is 0 Å². The summed E-state index contributed by atoms with van der Waals surface area (Å²) in [6.45, 7) is 0. The zero-order valence-corrected chi connectivity index (χ0v) is 8.53. The van der Waals surface area contributed by atoms with Gasteiger partial charge in [0.25, 0.3) is 0 Å². The first-order valence-electron chi connectivity index (χ1n) is 3.77. The van der Waals surface area contributed by atoms with E-state index in [0.29, 0.717) is 15.3 Å². The van der Waals surface area contributed by atoms with Crippen LogP contribution in [0, 0.1) is 0 Å². The lowest BCUT2D eigenvalue weighted by molar-refractivity contribution is 0.955. The van der Waals surface area contributed by atoms with Crippen molar-refractivity contribution in [3.8, 4) is 0 Å². The molecule has 0 aliphatic carbocycles. The van der Waals surface area contributed by atoms with Crippen molar-refractivity contribution in [1.29, 1.82) is 0 Å². The van der Waals surface area contributed by atoms with E-state index >= 15 is 0 Å². The van der Waals surface area contributed by atoms with Gasteiger partial charge in [0.05, 0.1) is 0 Å². The topological polar surface area (TPSA) is 51.6 Å². The molecule has 6 heteroatoms. The Labute approximate surface area is 89.8 Å². The van der Waals surface area contributed by atoms with Crippen molar-refractivity contribution >= 4 is 23.4 Å². The van der Waals surface area contributed by atoms with Gasteiger partial charge in [-0.3, -0.25) is 0 Å². The van der Waals surface area contributed by atoms with Gasteiger partial charge in [0, 0.05) is 24.8 Å². The second-order valence-corrected chi connectivity index (χ2v) is 3.60. The highest BCUT2D eigenvalue weighted by molar-refractivity contribution is 7.99. The predicted octanol–water partition coefficient (Wildman–Crippen LogP) is 2.07. The van der Waals surface area contributed by atoms with Gasteiger partial charge >= 0.3 is 0 Å². The van der Waals surface area contributed by atoms with Gasteiger partial charge in [-0.25, -0.2) is 19.9 Å². The second kappa shape index (κ2) is 4.34. The van der Waals surface area contributed by atoms with E-state index in [4.69, 9.17) is 11.6 Å². The molecule has 14 heavy (non-hydrogen) atoms. The minimum atomic E-state index is 0.366. The van der Waals surface area contributed by atoms with E-state index in [1.807, 2.05) is 0 Å². The van der Waals surface area contributed by atoms with E-state index in [1.54, 1.807) is 24.7 Å². The Hall–Kier alpha value is -1.20. The first-order valence-corrected chi connectivity index (χ1v) is 4.97. The van der Waals surface area contributed by atoms with Gasteiger partial charge in [0.1, 0.15) is 5.03 Å². The number of hydrogen-bond acceptors (Lipinski definition) is 5. The van der Waals surface area contributed by atoms with Crippen molar-refractivity contribution in [1.82, 2.24) is 19.9 Å². The summed E-state index contributed by atoms with van der Waals surface area (Å²) in [5.74, 6) is 0. The molecule has 2 rings (SSSR count). The molecule has 0 atom stereocenters. The maximum Gasteiger partial charge on any atom is 0.193 e. The number of halogens is 1. The molecule has 0 N–H and O–H groups in total. The third kappa shape index (κ3) is 2.18. The van der Waals surface area contributed by atoms with Crippen LogP contribution in [0.5, 0.6) is 0 Å². The van der Waals surface area contributed by atoms with Gasteiger partial charge in [-0.05, 0) is 17.8 Å². The molecule has 2 aromatic heterocycles. The van der Waals surface area contributed by atoms with Crippen LogP contribution in [0.4, 0.5) is 0 Å². The Morgan fingerprint density at radius 1 is 0.929 bits per heavy atom. The Balaban J connectivity index is 2.24. The molecular formula is C8H5ClN4S. The molecule has 0 aliphatic heterocycles. The van der Waals surface area contributed by atoms with Crippen LogP contribution in [0.1, 0.15) is 0 Å². The van der Waals surface area contributed by atoms with Gasteiger partial charge in [0.15, 0.2) is 10.3 Å². The van der Waals surface area contributed by atoms with E-state index in [9.17, 15) is 0 Å². The fourth-order valence-electron chi connectivity index (χ4n) is 0.801. The van der Waals surface area contributed by atoms with Crippen molar-refractivity contribution in [2.45, 2.75) is 10.2 Å². The smallest absolute Gasteiger partial charge is 0.193 e. The summed E-state index contributed by atoms with van der Waals surface area (Å²) in [6, 6.07) is 1.75. The van der Waals surface area contributed by atoms with Crippen LogP contribution in [0.3, 0.4) is 0 Å². The summed E-state index contributed by atoms with van der Waals surface area (Å²) in [5, 5.41) is 1.58. The first kappa shape index (κ1) is 9.36. The summed E-state index contributed by atoms with van der Waals surface area (Å²) < 4.78 is 0. The van der Waals surface area contributed by atoms with Crippen molar-refractivity contribution < 1.29 is 0 Å². The van der Waals surface area contributed by atoms with Crippen LogP contribution in [-0.4, -0.2) is 19.9 Å². The molecule has 0 spiro atoms. The molecule has 4 nitrogen and oxygen atoms in total. The van der Waals surface area contributed by atoms with E-state index in [1.165, 1.54) is 18.0 Å². The number of hydrogen-bond donors (Lipinski definition) is 0. The van der Waals surface area contributed by atoms with E-state index in [0.717, 1.165) is 0 Å². The van der Waals surface area contributed by atoms with Crippen LogP contribution >= 0.6 is 23.4 Å². The van der Waals surface area contributed by atoms with Crippen molar-refractivity contribution in [2.24, 2.45) is 0 Å². The zero-order chi connectivity index (χ0) is 9.80. The molecule has 0 unspecified atom stereocenters. The number of nitrogens with zero attached hydrogens (tertiary/aromatic N) is 4. The van der Waals surface area contributed by atoms with Crippen LogP contribution in [0.25, 0.3) is 0 Å². The maximum absolute atomic E-state index is 5.82. The summed E-state index contributed by atoms with van der Waals surface area (Å²) in [7, 11) is 0. The highest BCUT2D eigenvalue weighted by Gasteiger charge is 2.05. The molecule has 70 valence electrons. The van der Waals surface area contributed by atoms with Crippen LogP contribution in [-0.2, 0) is 0 Å². The Morgan fingerprint density at radius 3 is 2.36 bits per heavy atom. The quantitative estimate of drug-likeness (QED) is 0.731. The van der Waals surface area contributed by atoms with Crippen molar-refractivity contribution in [3.63, 3.8) is 0 Å². The first-order chi connectivity index (χ1) is 6.86. The molecule has 2 heterocycles. The van der Waals surface area contributed by atoms with Crippen LogP contribution in [0.2, 0.25) is 5.15 Å². The molecular weight excluding hydrogens is 220 g/mol. The number of rotatable bonds is 2. The maximum atomic E-state index is 5.82. The normalized spacial score (nSPS) is 10.1. The van der Waals surface area contributed by atoms with Gasteiger partial charge in [-0.15, -0.1) is 0 Å². The zero-order valence-electron chi connectivity index (χ0n) is 6.96.